The number of thioether (sulfide) groups is 1. The first kappa shape index (κ1) is 20.1. The SMILES string of the molecule is CCSC1CCC(NC(=NC)NC2C3CCOC3C23CCCC3)C1.I. The maximum Gasteiger partial charge on any atom is 0.191 e. The van der Waals surface area contributed by atoms with Crippen LogP contribution in [-0.4, -0.2) is 48.8 Å². The van der Waals surface area contributed by atoms with Gasteiger partial charge in [0.15, 0.2) is 5.96 Å². The van der Waals surface area contributed by atoms with Crippen LogP contribution < -0.4 is 10.6 Å². The summed E-state index contributed by atoms with van der Waals surface area (Å²) in [6.07, 6.45) is 11.1. The van der Waals surface area contributed by atoms with Gasteiger partial charge in [-0.3, -0.25) is 4.99 Å². The van der Waals surface area contributed by atoms with Crippen LogP contribution in [0.1, 0.15) is 58.3 Å². The van der Waals surface area contributed by atoms with Crippen molar-refractivity contribution in [1.82, 2.24) is 10.6 Å². The predicted octanol–water partition coefficient (Wildman–Crippen LogP) is 3.79. The minimum atomic E-state index is 0. The molecule has 5 unspecified atom stereocenters. The van der Waals surface area contributed by atoms with E-state index in [9.17, 15) is 0 Å². The Hall–Kier alpha value is 0.310. The molecule has 144 valence electrons. The lowest BCUT2D eigenvalue weighted by Crippen LogP contribution is -2.69. The molecule has 1 saturated heterocycles. The number of nitrogens with zero attached hydrogens (tertiary/aromatic N) is 1. The van der Waals surface area contributed by atoms with E-state index >= 15 is 0 Å². The Morgan fingerprint density at radius 3 is 2.72 bits per heavy atom. The van der Waals surface area contributed by atoms with Crippen LogP contribution in [0.4, 0.5) is 0 Å². The van der Waals surface area contributed by atoms with Crippen LogP contribution >= 0.6 is 35.7 Å². The standard InChI is InChI=1S/C19H33N3OS.HI/c1-3-24-14-7-6-13(12-14)21-18(20-2)22-16-15-8-11-23-17(15)19(16)9-4-5-10-19;/h13-17H,3-12H2,1-2H3,(H2,20,21,22);1H. The van der Waals surface area contributed by atoms with E-state index in [1.807, 2.05) is 7.05 Å². The van der Waals surface area contributed by atoms with Crippen LogP contribution in [0.25, 0.3) is 0 Å². The van der Waals surface area contributed by atoms with Gasteiger partial charge in [-0.1, -0.05) is 19.8 Å². The highest BCUT2D eigenvalue weighted by Crippen LogP contribution is 2.60. The molecule has 4 nitrogen and oxygen atoms in total. The van der Waals surface area contributed by atoms with E-state index in [2.05, 4.69) is 34.3 Å². The third-order valence-electron chi connectivity index (χ3n) is 6.93. The van der Waals surface area contributed by atoms with E-state index in [1.54, 1.807) is 0 Å². The molecule has 4 fully saturated rings. The highest BCUT2D eigenvalue weighted by Gasteiger charge is 2.65. The summed E-state index contributed by atoms with van der Waals surface area (Å²) in [4.78, 5) is 4.56. The van der Waals surface area contributed by atoms with Crippen LogP contribution in [0.2, 0.25) is 0 Å². The van der Waals surface area contributed by atoms with Crippen molar-refractivity contribution in [2.75, 3.05) is 19.4 Å². The second-order valence-corrected chi connectivity index (χ2v) is 9.69. The first-order valence-electron chi connectivity index (χ1n) is 10.00. The van der Waals surface area contributed by atoms with E-state index < -0.39 is 0 Å². The van der Waals surface area contributed by atoms with E-state index in [0.29, 0.717) is 29.5 Å². The summed E-state index contributed by atoms with van der Waals surface area (Å²) >= 11 is 2.12. The van der Waals surface area contributed by atoms with Crippen LogP contribution in [-0.2, 0) is 4.74 Å². The summed E-state index contributed by atoms with van der Waals surface area (Å²) in [6, 6.07) is 1.16. The maximum absolute atomic E-state index is 6.11. The van der Waals surface area contributed by atoms with E-state index in [-0.39, 0.29) is 24.0 Å². The van der Waals surface area contributed by atoms with Crippen molar-refractivity contribution >= 4 is 41.7 Å². The molecule has 0 aromatic heterocycles. The molecule has 4 aliphatic rings. The maximum atomic E-state index is 6.11. The lowest BCUT2D eigenvalue weighted by atomic mass is 9.54. The molecule has 4 rings (SSSR count). The molecule has 0 aromatic carbocycles. The average Bonchev–Trinajstić information content (AvgIpc) is 3.31. The van der Waals surface area contributed by atoms with Gasteiger partial charge < -0.3 is 15.4 Å². The molecule has 0 bridgehead atoms. The molecule has 0 amide bonds. The number of hydrogen-bond acceptors (Lipinski definition) is 3. The Labute approximate surface area is 174 Å². The molecular formula is C19H34IN3OS. The highest BCUT2D eigenvalue weighted by molar-refractivity contribution is 14.0. The summed E-state index contributed by atoms with van der Waals surface area (Å²) in [5.41, 5.74) is 0.398. The molecule has 1 heterocycles. The fourth-order valence-electron chi connectivity index (χ4n) is 5.87. The van der Waals surface area contributed by atoms with Crippen LogP contribution in [0.15, 0.2) is 4.99 Å². The molecule has 3 aliphatic carbocycles. The van der Waals surface area contributed by atoms with Gasteiger partial charge in [0.05, 0.1) is 6.10 Å². The quantitative estimate of drug-likeness (QED) is 0.366. The Morgan fingerprint density at radius 2 is 2.00 bits per heavy atom. The van der Waals surface area contributed by atoms with Gasteiger partial charge in [-0.25, -0.2) is 0 Å². The van der Waals surface area contributed by atoms with Gasteiger partial charge in [-0.15, -0.1) is 24.0 Å². The molecule has 6 heteroatoms. The number of guanidine groups is 1. The molecule has 0 aromatic rings. The Morgan fingerprint density at radius 1 is 1.20 bits per heavy atom. The van der Waals surface area contributed by atoms with Gasteiger partial charge in [0.2, 0.25) is 0 Å². The number of halogens is 1. The molecule has 5 atom stereocenters. The van der Waals surface area contributed by atoms with Gasteiger partial charge in [0.25, 0.3) is 0 Å². The molecular weight excluding hydrogens is 445 g/mol. The number of hydrogen-bond donors (Lipinski definition) is 2. The second kappa shape index (κ2) is 8.55. The minimum Gasteiger partial charge on any atom is -0.377 e. The lowest BCUT2D eigenvalue weighted by Gasteiger charge is -2.57. The summed E-state index contributed by atoms with van der Waals surface area (Å²) in [6.45, 7) is 3.23. The van der Waals surface area contributed by atoms with Gasteiger partial charge in [-0.05, 0) is 44.3 Å². The molecule has 0 radical (unpaired) electrons. The summed E-state index contributed by atoms with van der Waals surface area (Å²) in [7, 11) is 1.92. The monoisotopic (exact) mass is 479 g/mol. The van der Waals surface area contributed by atoms with Gasteiger partial charge in [0.1, 0.15) is 0 Å². The lowest BCUT2D eigenvalue weighted by molar-refractivity contribution is -0.125. The molecule has 25 heavy (non-hydrogen) atoms. The van der Waals surface area contributed by atoms with Crippen LogP contribution in [0, 0.1) is 11.3 Å². The number of aliphatic imine (C=N–C) groups is 1. The first-order chi connectivity index (χ1) is 11.8. The van der Waals surface area contributed by atoms with Crippen LogP contribution in [0.3, 0.4) is 0 Å². The van der Waals surface area contributed by atoms with Gasteiger partial charge in [-0.2, -0.15) is 11.8 Å². The Bertz CT molecular complexity index is 483. The van der Waals surface area contributed by atoms with Gasteiger partial charge >= 0.3 is 0 Å². The van der Waals surface area contributed by atoms with Gasteiger partial charge in [0, 0.05) is 42.3 Å². The number of nitrogens with one attached hydrogen (secondary N) is 2. The largest absolute Gasteiger partial charge is 0.377 e. The van der Waals surface area contributed by atoms with E-state index in [4.69, 9.17) is 4.74 Å². The highest BCUT2D eigenvalue weighted by atomic mass is 127. The molecule has 1 aliphatic heterocycles. The summed E-state index contributed by atoms with van der Waals surface area (Å²) in [5.74, 6) is 2.97. The zero-order valence-corrected chi connectivity index (χ0v) is 18.8. The van der Waals surface area contributed by atoms with Crippen molar-refractivity contribution < 1.29 is 4.74 Å². The fourth-order valence-corrected chi connectivity index (χ4v) is 7.02. The Balaban J connectivity index is 0.00000182. The third-order valence-corrected chi connectivity index (χ3v) is 8.16. The van der Waals surface area contributed by atoms with Crippen molar-refractivity contribution in [2.45, 2.75) is 81.7 Å². The first-order valence-corrected chi connectivity index (χ1v) is 11.0. The fraction of sp³-hybridized carbons (Fsp3) is 0.947. The number of ether oxygens (including phenoxy) is 1. The number of rotatable bonds is 4. The van der Waals surface area contributed by atoms with Crippen molar-refractivity contribution in [2.24, 2.45) is 16.3 Å². The zero-order chi connectivity index (χ0) is 16.6. The molecule has 2 N–H and O–H groups in total. The number of fused-ring (bicyclic) bond motifs is 2. The van der Waals surface area contributed by atoms with Crippen molar-refractivity contribution in [3.63, 3.8) is 0 Å². The molecule has 3 saturated carbocycles. The van der Waals surface area contributed by atoms with Crippen molar-refractivity contribution in [3.8, 4) is 0 Å². The average molecular weight is 479 g/mol. The van der Waals surface area contributed by atoms with E-state index in [1.165, 1.54) is 57.1 Å². The smallest absolute Gasteiger partial charge is 0.191 e. The second-order valence-electron chi connectivity index (χ2n) is 8.11. The summed E-state index contributed by atoms with van der Waals surface area (Å²) in [5, 5.41) is 8.39. The normalized spacial score (nSPS) is 39.0. The van der Waals surface area contributed by atoms with Crippen molar-refractivity contribution in [3.05, 3.63) is 0 Å². The minimum absolute atomic E-state index is 0. The topological polar surface area (TPSA) is 45.7 Å². The van der Waals surface area contributed by atoms with Crippen LogP contribution in [0.5, 0.6) is 0 Å². The zero-order valence-electron chi connectivity index (χ0n) is 15.6. The Kier molecular flexibility index (Phi) is 6.86. The molecule has 1 spiro atoms. The van der Waals surface area contributed by atoms with E-state index in [0.717, 1.165) is 17.8 Å². The van der Waals surface area contributed by atoms with Crippen molar-refractivity contribution in [1.29, 1.82) is 0 Å². The summed E-state index contributed by atoms with van der Waals surface area (Å²) < 4.78 is 6.11. The third kappa shape index (κ3) is 3.68. The predicted molar refractivity (Wildman–Crippen MR) is 117 cm³/mol.